The van der Waals surface area contributed by atoms with Crippen molar-refractivity contribution in [3.8, 4) is 0 Å². The van der Waals surface area contributed by atoms with E-state index in [0.717, 1.165) is 11.1 Å². The molecule has 0 aliphatic carbocycles. The van der Waals surface area contributed by atoms with E-state index in [1.54, 1.807) is 24.1 Å². The van der Waals surface area contributed by atoms with Crippen molar-refractivity contribution < 1.29 is 9.59 Å². The molecular formula is C20H25N3O2. The van der Waals surface area contributed by atoms with Gasteiger partial charge in [-0.3, -0.25) is 14.5 Å². The van der Waals surface area contributed by atoms with E-state index < -0.39 is 0 Å². The standard InChI is InChI=1S/C20H25N3O2/c1-21-20(25)18-11-9-17(10-12-18)13-22(2)15-19(24)23(3)14-16-7-5-4-6-8-16/h4-12H,13-15H2,1-3H3,(H,21,25). The first kappa shape index (κ1) is 18.7. The zero-order chi connectivity index (χ0) is 18.2. The molecule has 0 heterocycles. The molecule has 0 aliphatic heterocycles. The van der Waals surface area contributed by atoms with Gasteiger partial charge in [0.15, 0.2) is 0 Å². The number of benzene rings is 2. The summed E-state index contributed by atoms with van der Waals surface area (Å²) in [7, 11) is 5.35. The second-order valence-corrected chi connectivity index (χ2v) is 6.18. The number of nitrogens with zero attached hydrogens (tertiary/aromatic N) is 2. The molecule has 5 nitrogen and oxygen atoms in total. The molecule has 132 valence electrons. The minimum Gasteiger partial charge on any atom is -0.355 e. The van der Waals surface area contributed by atoms with Crippen molar-refractivity contribution in [2.75, 3.05) is 27.7 Å². The van der Waals surface area contributed by atoms with Crippen molar-refractivity contribution in [1.29, 1.82) is 0 Å². The number of hydrogen-bond acceptors (Lipinski definition) is 3. The van der Waals surface area contributed by atoms with Gasteiger partial charge in [-0.05, 0) is 30.3 Å². The summed E-state index contributed by atoms with van der Waals surface area (Å²) in [6, 6.07) is 17.4. The molecule has 5 heteroatoms. The highest BCUT2D eigenvalue weighted by Crippen LogP contribution is 2.08. The zero-order valence-electron chi connectivity index (χ0n) is 15.0. The zero-order valence-corrected chi connectivity index (χ0v) is 15.0. The van der Waals surface area contributed by atoms with Crippen LogP contribution in [-0.2, 0) is 17.9 Å². The Morgan fingerprint density at radius 3 is 2.08 bits per heavy atom. The molecular weight excluding hydrogens is 314 g/mol. The third-order valence-corrected chi connectivity index (χ3v) is 3.99. The number of likely N-dealkylation sites (N-methyl/N-ethyl adjacent to an activating group) is 2. The van der Waals surface area contributed by atoms with Crippen LogP contribution < -0.4 is 5.32 Å². The van der Waals surface area contributed by atoms with Crippen LogP contribution in [-0.4, -0.2) is 49.3 Å². The Hall–Kier alpha value is -2.66. The van der Waals surface area contributed by atoms with Crippen molar-refractivity contribution in [1.82, 2.24) is 15.1 Å². The van der Waals surface area contributed by atoms with E-state index in [1.165, 1.54) is 0 Å². The number of carbonyl (C=O) groups excluding carboxylic acids is 2. The molecule has 0 spiro atoms. The monoisotopic (exact) mass is 339 g/mol. The van der Waals surface area contributed by atoms with Crippen LogP contribution in [0.1, 0.15) is 21.5 Å². The Kier molecular flexibility index (Phi) is 6.71. The minimum atomic E-state index is -0.0994. The number of nitrogens with one attached hydrogen (secondary N) is 1. The third kappa shape index (κ3) is 5.72. The molecule has 0 aliphatic rings. The Morgan fingerprint density at radius 2 is 1.48 bits per heavy atom. The molecule has 2 amide bonds. The van der Waals surface area contributed by atoms with Crippen LogP contribution in [0.25, 0.3) is 0 Å². The summed E-state index contributed by atoms with van der Waals surface area (Å²) in [5.41, 5.74) is 2.81. The van der Waals surface area contributed by atoms with Crippen molar-refractivity contribution in [2.24, 2.45) is 0 Å². The fourth-order valence-corrected chi connectivity index (χ4v) is 2.57. The average Bonchev–Trinajstić information content (AvgIpc) is 2.62. The lowest BCUT2D eigenvalue weighted by atomic mass is 10.1. The van der Waals surface area contributed by atoms with Gasteiger partial charge in [0.1, 0.15) is 0 Å². The van der Waals surface area contributed by atoms with Gasteiger partial charge in [0.25, 0.3) is 5.91 Å². The van der Waals surface area contributed by atoms with Crippen LogP contribution in [0, 0.1) is 0 Å². The second kappa shape index (κ2) is 8.99. The molecule has 0 fully saturated rings. The molecule has 0 radical (unpaired) electrons. The summed E-state index contributed by atoms with van der Waals surface area (Å²) >= 11 is 0. The Labute approximate surface area is 149 Å². The van der Waals surface area contributed by atoms with Crippen molar-refractivity contribution in [3.63, 3.8) is 0 Å². The highest BCUT2D eigenvalue weighted by Gasteiger charge is 2.12. The maximum absolute atomic E-state index is 12.4. The SMILES string of the molecule is CNC(=O)c1ccc(CN(C)CC(=O)N(C)Cc2ccccc2)cc1. The average molecular weight is 339 g/mol. The molecule has 2 rings (SSSR count). The summed E-state index contributed by atoms with van der Waals surface area (Å²) in [6.07, 6.45) is 0. The van der Waals surface area contributed by atoms with Crippen LogP contribution in [0.3, 0.4) is 0 Å². The van der Waals surface area contributed by atoms with Crippen molar-refractivity contribution >= 4 is 11.8 Å². The van der Waals surface area contributed by atoms with Crippen LogP contribution in [0.2, 0.25) is 0 Å². The normalized spacial score (nSPS) is 10.6. The number of hydrogen-bond donors (Lipinski definition) is 1. The molecule has 2 aromatic carbocycles. The number of carbonyl (C=O) groups is 2. The van der Waals surface area contributed by atoms with Gasteiger partial charge in [0, 0.05) is 32.7 Å². The Morgan fingerprint density at radius 1 is 0.880 bits per heavy atom. The molecule has 0 atom stereocenters. The summed E-state index contributed by atoms with van der Waals surface area (Å²) in [5, 5.41) is 2.60. The molecule has 25 heavy (non-hydrogen) atoms. The molecule has 0 unspecified atom stereocenters. The van der Waals surface area contributed by atoms with Crippen molar-refractivity contribution in [3.05, 3.63) is 71.3 Å². The topological polar surface area (TPSA) is 52.7 Å². The van der Waals surface area contributed by atoms with E-state index in [-0.39, 0.29) is 11.8 Å². The predicted molar refractivity (Wildman–Crippen MR) is 99.1 cm³/mol. The van der Waals surface area contributed by atoms with E-state index >= 15 is 0 Å². The first-order valence-corrected chi connectivity index (χ1v) is 8.27. The van der Waals surface area contributed by atoms with Gasteiger partial charge >= 0.3 is 0 Å². The summed E-state index contributed by atoms with van der Waals surface area (Å²) in [5.74, 6) is -0.0223. The molecule has 0 saturated carbocycles. The van der Waals surface area contributed by atoms with Gasteiger partial charge in [-0.2, -0.15) is 0 Å². The molecule has 2 aromatic rings. The van der Waals surface area contributed by atoms with Gasteiger partial charge < -0.3 is 10.2 Å². The third-order valence-electron chi connectivity index (χ3n) is 3.99. The Balaban J connectivity index is 1.85. The van der Waals surface area contributed by atoms with Gasteiger partial charge in [0.2, 0.25) is 5.91 Å². The van der Waals surface area contributed by atoms with Gasteiger partial charge in [-0.25, -0.2) is 0 Å². The van der Waals surface area contributed by atoms with Crippen LogP contribution >= 0.6 is 0 Å². The lowest BCUT2D eigenvalue weighted by Gasteiger charge is -2.22. The number of rotatable bonds is 7. The Bertz CT molecular complexity index is 699. The molecule has 0 bridgehead atoms. The fraction of sp³-hybridized carbons (Fsp3) is 0.300. The second-order valence-electron chi connectivity index (χ2n) is 6.18. The van der Waals surface area contributed by atoms with E-state index in [2.05, 4.69) is 5.32 Å². The van der Waals surface area contributed by atoms with E-state index in [1.807, 2.05) is 61.5 Å². The first-order valence-electron chi connectivity index (χ1n) is 8.27. The lowest BCUT2D eigenvalue weighted by Crippen LogP contribution is -2.36. The summed E-state index contributed by atoms with van der Waals surface area (Å²) < 4.78 is 0. The number of amides is 2. The minimum absolute atomic E-state index is 0.0772. The lowest BCUT2D eigenvalue weighted by molar-refractivity contribution is -0.131. The van der Waals surface area contributed by atoms with E-state index in [9.17, 15) is 9.59 Å². The highest BCUT2D eigenvalue weighted by atomic mass is 16.2. The summed E-state index contributed by atoms with van der Waals surface area (Å²) in [4.78, 5) is 27.6. The maximum Gasteiger partial charge on any atom is 0.251 e. The molecule has 0 aromatic heterocycles. The fourth-order valence-electron chi connectivity index (χ4n) is 2.57. The van der Waals surface area contributed by atoms with Crippen molar-refractivity contribution in [2.45, 2.75) is 13.1 Å². The molecule has 1 N–H and O–H groups in total. The molecule has 0 saturated heterocycles. The van der Waals surface area contributed by atoms with E-state index in [4.69, 9.17) is 0 Å². The van der Waals surface area contributed by atoms with Crippen LogP contribution in [0.5, 0.6) is 0 Å². The van der Waals surface area contributed by atoms with Crippen LogP contribution in [0.4, 0.5) is 0 Å². The smallest absolute Gasteiger partial charge is 0.251 e. The van der Waals surface area contributed by atoms with Gasteiger partial charge in [-0.15, -0.1) is 0 Å². The first-order chi connectivity index (χ1) is 12.0. The van der Waals surface area contributed by atoms with Gasteiger partial charge in [-0.1, -0.05) is 42.5 Å². The largest absolute Gasteiger partial charge is 0.355 e. The van der Waals surface area contributed by atoms with Crippen LogP contribution in [0.15, 0.2) is 54.6 Å². The quantitative estimate of drug-likeness (QED) is 0.841. The highest BCUT2D eigenvalue weighted by molar-refractivity contribution is 5.93. The van der Waals surface area contributed by atoms with E-state index in [0.29, 0.717) is 25.2 Å². The van der Waals surface area contributed by atoms with Gasteiger partial charge in [0.05, 0.1) is 6.54 Å². The summed E-state index contributed by atoms with van der Waals surface area (Å²) in [6.45, 7) is 1.60. The maximum atomic E-state index is 12.4. The predicted octanol–water partition coefficient (Wildman–Crippen LogP) is 2.14.